The predicted molar refractivity (Wildman–Crippen MR) is 96.3 cm³/mol. The van der Waals surface area contributed by atoms with Crippen molar-refractivity contribution in [2.45, 2.75) is 6.04 Å². The summed E-state index contributed by atoms with van der Waals surface area (Å²) in [5, 5.41) is 4.03. The average molecular weight is 351 g/mol. The number of carbonyl (C=O) groups excluding carboxylic acids is 1. The molecule has 0 radical (unpaired) electrons. The van der Waals surface area contributed by atoms with Gasteiger partial charge in [0.05, 0.1) is 6.04 Å². The molecule has 1 amide bonds. The van der Waals surface area contributed by atoms with E-state index >= 15 is 0 Å². The molecule has 1 heterocycles. The minimum Gasteiger partial charge on any atom is -0.329 e. The van der Waals surface area contributed by atoms with Crippen molar-refractivity contribution in [2.75, 3.05) is 7.05 Å². The third kappa shape index (κ3) is 3.54. The largest absolute Gasteiger partial charge is 0.329 e. The highest BCUT2D eigenvalue weighted by Crippen LogP contribution is 2.28. The number of nitrogens with zero attached hydrogens (tertiary/aromatic N) is 3. The van der Waals surface area contributed by atoms with Gasteiger partial charge in [-0.1, -0.05) is 42.5 Å². The summed E-state index contributed by atoms with van der Waals surface area (Å²) in [6.07, 6.45) is 0. The van der Waals surface area contributed by atoms with Gasteiger partial charge < -0.3 is 4.90 Å². The van der Waals surface area contributed by atoms with Crippen molar-refractivity contribution in [1.29, 1.82) is 0 Å². The van der Waals surface area contributed by atoms with Crippen molar-refractivity contribution in [1.82, 2.24) is 14.7 Å². The molecule has 0 saturated carbocycles. The Morgan fingerprint density at radius 3 is 2.23 bits per heavy atom. The van der Waals surface area contributed by atoms with Crippen LogP contribution in [-0.4, -0.2) is 27.6 Å². The third-order valence-electron chi connectivity index (χ3n) is 4.19. The Morgan fingerprint density at radius 1 is 1.00 bits per heavy atom. The molecular weight excluding hydrogens is 333 g/mol. The molecule has 0 aliphatic carbocycles. The normalized spacial score (nSPS) is 11.8. The van der Waals surface area contributed by atoms with Crippen molar-refractivity contribution >= 4 is 5.91 Å². The molecule has 6 heteroatoms. The average Bonchev–Trinajstić information content (AvgIpc) is 2.66. The van der Waals surface area contributed by atoms with Crippen LogP contribution in [0.25, 0.3) is 0 Å². The molecule has 1 aromatic heterocycles. The minimum atomic E-state index is -0.414. The Labute approximate surface area is 150 Å². The van der Waals surface area contributed by atoms with E-state index in [0.29, 0.717) is 0 Å². The SMILES string of the molecule is CN(C(=O)c1ccc(=O)n(C)n1)C(c1ccccc1)c1ccc(F)cc1. The Kier molecular flexibility index (Phi) is 4.93. The van der Waals surface area contributed by atoms with E-state index in [1.807, 2.05) is 30.3 Å². The lowest BCUT2D eigenvalue weighted by molar-refractivity contribution is 0.0746. The second kappa shape index (κ2) is 7.31. The molecule has 1 unspecified atom stereocenters. The third-order valence-corrected chi connectivity index (χ3v) is 4.19. The van der Waals surface area contributed by atoms with Crippen molar-refractivity contribution in [3.05, 3.63) is 99.7 Å². The van der Waals surface area contributed by atoms with Crippen LogP contribution in [0.4, 0.5) is 4.39 Å². The molecule has 0 saturated heterocycles. The van der Waals surface area contributed by atoms with E-state index in [0.717, 1.165) is 15.8 Å². The first-order valence-corrected chi connectivity index (χ1v) is 8.09. The molecule has 0 aliphatic heterocycles. The highest BCUT2D eigenvalue weighted by Gasteiger charge is 2.25. The van der Waals surface area contributed by atoms with Gasteiger partial charge in [-0.15, -0.1) is 0 Å². The molecular formula is C20H18FN3O2. The first-order valence-electron chi connectivity index (χ1n) is 8.09. The molecule has 5 nitrogen and oxygen atoms in total. The van der Waals surface area contributed by atoms with Gasteiger partial charge in [0, 0.05) is 20.2 Å². The second-order valence-electron chi connectivity index (χ2n) is 5.96. The first-order chi connectivity index (χ1) is 12.5. The monoisotopic (exact) mass is 351 g/mol. The van der Waals surface area contributed by atoms with Crippen molar-refractivity contribution < 1.29 is 9.18 Å². The van der Waals surface area contributed by atoms with Crippen LogP contribution >= 0.6 is 0 Å². The predicted octanol–water partition coefficient (Wildman–Crippen LogP) is 2.78. The molecule has 0 N–H and O–H groups in total. The van der Waals surface area contributed by atoms with Crippen LogP contribution in [0.1, 0.15) is 27.7 Å². The van der Waals surface area contributed by atoms with E-state index in [1.54, 1.807) is 19.2 Å². The summed E-state index contributed by atoms with van der Waals surface area (Å²) in [7, 11) is 3.16. The number of carbonyl (C=O) groups is 1. The van der Waals surface area contributed by atoms with Gasteiger partial charge >= 0.3 is 0 Å². The van der Waals surface area contributed by atoms with Gasteiger partial charge in [-0.25, -0.2) is 9.07 Å². The molecule has 3 rings (SSSR count). The fourth-order valence-corrected chi connectivity index (χ4v) is 2.83. The molecule has 0 spiro atoms. The number of benzene rings is 2. The van der Waals surface area contributed by atoms with Gasteiger partial charge in [0.25, 0.3) is 11.5 Å². The number of aromatic nitrogens is 2. The van der Waals surface area contributed by atoms with Gasteiger partial charge in [-0.05, 0) is 29.3 Å². The highest BCUT2D eigenvalue weighted by molar-refractivity contribution is 5.92. The second-order valence-corrected chi connectivity index (χ2v) is 5.96. The summed E-state index contributed by atoms with van der Waals surface area (Å²) >= 11 is 0. The molecule has 0 bridgehead atoms. The van der Waals surface area contributed by atoms with E-state index in [-0.39, 0.29) is 23.0 Å². The number of aryl methyl sites for hydroxylation is 1. The van der Waals surface area contributed by atoms with Gasteiger partial charge in [0.2, 0.25) is 0 Å². The zero-order valence-corrected chi connectivity index (χ0v) is 14.5. The van der Waals surface area contributed by atoms with Gasteiger partial charge in [0.15, 0.2) is 0 Å². The van der Waals surface area contributed by atoms with Gasteiger partial charge in [-0.2, -0.15) is 5.10 Å². The zero-order valence-electron chi connectivity index (χ0n) is 14.5. The minimum absolute atomic E-state index is 0.164. The number of hydrogen-bond donors (Lipinski definition) is 0. The highest BCUT2D eigenvalue weighted by atomic mass is 19.1. The van der Waals surface area contributed by atoms with E-state index in [9.17, 15) is 14.0 Å². The maximum Gasteiger partial charge on any atom is 0.274 e. The Hall–Kier alpha value is -3.28. The van der Waals surface area contributed by atoms with E-state index in [1.165, 1.54) is 36.2 Å². The van der Waals surface area contributed by atoms with Gasteiger partial charge in [0.1, 0.15) is 11.5 Å². The van der Waals surface area contributed by atoms with Crippen LogP contribution in [0.3, 0.4) is 0 Å². The summed E-state index contributed by atoms with van der Waals surface area (Å²) in [6, 6.07) is 17.8. The summed E-state index contributed by atoms with van der Waals surface area (Å²) in [6.45, 7) is 0. The maximum atomic E-state index is 13.3. The Bertz CT molecular complexity index is 968. The van der Waals surface area contributed by atoms with E-state index in [4.69, 9.17) is 0 Å². The molecule has 2 aromatic carbocycles. The number of amides is 1. The molecule has 26 heavy (non-hydrogen) atoms. The number of rotatable bonds is 4. The Morgan fingerprint density at radius 2 is 1.62 bits per heavy atom. The van der Waals surface area contributed by atoms with Crippen LogP contribution in [0.5, 0.6) is 0 Å². The number of hydrogen-bond acceptors (Lipinski definition) is 3. The lowest BCUT2D eigenvalue weighted by Gasteiger charge is -2.29. The van der Waals surface area contributed by atoms with Crippen LogP contribution in [0.15, 0.2) is 71.5 Å². The Balaban J connectivity index is 2.03. The quantitative estimate of drug-likeness (QED) is 0.726. The summed E-state index contributed by atoms with van der Waals surface area (Å²) in [5.41, 5.74) is 1.54. The maximum absolute atomic E-state index is 13.3. The van der Waals surface area contributed by atoms with Crippen LogP contribution < -0.4 is 5.56 Å². The fourth-order valence-electron chi connectivity index (χ4n) is 2.83. The van der Waals surface area contributed by atoms with Crippen LogP contribution in [-0.2, 0) is 7.05 Å². The first kappa shape index (κ1) is 17.5. The topological polar surface area (TPSA) is 55.2 Å². The lowest BCUT2D eigenvalue weighted by Crippen LogP contribution is -2.34. The lowest BCUT2D eigenvalue weighted by atomic mass is 9.97. The molecule has 132 valence electrons. The molecule has 3 aromatic rings. The summed E-state index contributed by atoms with van der Waals surface area (Å²) in [4.78, 5) is 26.0. The van der Waals surface area contributed by atoms with Gasteiger partial charge in [-0.3, -0.25) is 9.59 Å². The van der Waals surface area contributed by atoms with Crippen LogP contribution in [0, 0.1) is 5.82 Å². The standard InChI is InChI=1S/C20H18FN3O2/c1-23(20(26)17-12-13-18(25)24(2)22-17)19(14-6-4-3-5-7-14)15-8-10-16(21)11-9-15/h3-13,19H,1-2H3. The van der Waals surface area contributed by atoms with E-state index in [2.05, 4.69) is 5.10 Å². The molecule has 1 atom stereocenters. The van der Waals surface area contributed by atoms with Crippen molar-refractivity contribution in [2.24, 2.45) is 7.05 Å². The summed E-state index contributed by atoms with van der Waals surface area (Å²) in [5.74, 6) is -0.673. The zero-order chi connectivity index (χ0) is 18.7. The van der Waals surface area contributed by atoms with Crippen molar-refractivity contribution in [3.63, 3.8) is 0 Å². The number of halogens is 1. The summed E-state index contributed by atoms with van der Waals surface area (Å²) < 4.78 is 14.5. The smallest absolute Gasteiger partial charge is 0.274 e. The molecule has 0 fully saturated rings. The fraction of sp³-hybridized carbons (Fsp3) is 0.150. The van der Waals surface area contributed by atoms with Crippen LogP contribution in [0.2, 0.25) is 0 Å². The van der Waals surface area contributed by atoms with E-state index < -0.39 is 6.04 Å². The van der Waals surface area contributed by atoms with Crippen molar-refractivity contribution in [3.8, 4) is 0 Å². The molecule has 0 aliphatic rings.